The summed E-state index contributed by atoms with van der Waals surface area (Å²) in [4.78, 5) is 27.9. The van der Waals surface area contributed by atoms with Gasteiger partial charge in [-0.05, 0) is 50.1 Å². The lowest BCUT2D eigenvalue weighted by Gasteiger charge is -2.18. The van der Waals surface area contributed by atoms with Crippen molar-refractivity contribution in [1.29, 1.82) is 0 Å². The number of nitrogens with zero attached hydrogens (tertiary/aromatic N) is 1. The fourth-order valence-corrected chi connectivity index (χ4v) is 6.07. The maximum absolute atomic E-state index is 13.0. The molecule has 0 unspecified atom stereocenters. The molecule has 0 bridgehead atoms. The normalized spacial score (nSPS) is 18.3. The highest BCUT2D eigenvalue weighted by Crippen LogP contribution is 2.36. The summed E-state index contributed by atoms with van der Waals surface area (Å²) in [6, 6.07) is 11.5. The van der Waals surface area contributed by atoms with E-state index in [1.165, 1.54) is 23.9 Å². The van der Waals surface area contributed by atoms with E-state index in [1.807, 2.05) is 11.8 Å². The molecule has 0 radical (unpaired) electrons. The molecule has 4 rings (SSSR count). The molecule has 0 aromatic heterocycles. The number of carbonyl (C=O) groups is 2. The number of ether oxygens (including phenoxy) is 1. The van der Waals surface area contributed by atoms with E-state index in [4.69, 9.17) is 4.74 Å². The van der Waals surface area contributed by atoms with Crippen molar-refractivity contribution in [1.82, 2.24) is 4.90 Å². The molecule has 0 spiro atoms. The second kappa shape index (κ2) is 10.0. The Kier molecular flexibility index (Phi) is 7.14. The molecular formula is C23H27N3O5S2. The van der Waals surface area contributed by atoms with Gasteiger partial charge in [-0.3, -0.25) is 14.3 Å². The highest BCUT2D eigenvalue weighted by Gasteiger charge is 2.30. The molecule has 1 fully saturated rings. The molecule has 2 heterocycles. The molecule has 176 valence electrons. The Morgan fingerprint density at radius 1 is 1.21 bits per heavy atom. The lowest BCUT2D eigenvalue weighted by atomic mass is 10.1. The topological polar surface area (TPSA) is 105 Å². The number of rotatable bonds is 7. The molecule has 1 saturated heterocycles. The van der Waals surface area contributed by atoms with Crippen LogP contribution in [0.4, 0.5) is 11.4 Å². The van der Waals surface area contributed by atoms with Gasteiger partial charge in [0, 0.05) is 30.2 Å². The van der Waals surface area contributed by atoms with Gasteiger partial charge in [-0.15, -0.1) is 11.8 Å². The van der Waals surface area contributed by atoms with Crippen LogP contribution in [0.2, 0.25) is 0 Å². The van der Waals surface area contributed by atoms with Crippen molar-refractivity contribution in [3.8, 4) is 5.75 Å². The zero-order chi connectivity index (χ0) is 23.4. The molecule has 0 aliphatic carbocycles. The monoisotopic (exact) mass is 489 g/mol. The quantitative estimate of drug-likeness (QED) is 0.616. The van der Waals surface area contributed by atoms with E-state index in [0.29, 0.717) is 29.5 Å². The third-order valence-electron chi connectivity index (χ3n) is 5.64. The van der Waals surface area contributed by atoms with Crippen LogP contribution in [-0.2, 0) is 19.6 Å². The standard InChI is InChI=1S/C23H27N3O5S2/c1-2-31-20-8-4-3-7-18(20)25-33(29,30)17-9-10-21-19(14-17)24-23(28)16(15-32-21)13-22(27)26-11-5-6-12-26/h3-4,7-10,14,16,25H,2,5-6,11-13,15H2,1H3,(H,24,28)/t16-/m1/s1. The van der Waals surface area contributed by atoms with Crippen molar-refractivity contribution in [2.24, 2.45) is 5.92 Å². The van der Waals surface area contributed by atoms with E-state index in [-0.39, 0.29) is 23.1 Å². The summed E-state index contributed by atoms with van der Waals surface area (Å²) < 4.78 is 34.1. The summed E-state index contributed by atoms with van der Waals surface area (Å²) in [6.07, 6.45) is 2.17. The van der Waals surface area contributed by atoms with Gasteiger partial charge >= 0.3 is 0 Å². The number of thioether (sulfide) groups is 1. The number of hydrogen-bond acceptors (Lipinski definition) is 6. The van der Waals surface area contributed by atoms with E-state index in [9.17, 15) is 18.0 Å². The maximum atomic E-state index is 13.0. The largest absolute Gasteiger partial charge is 0.492 e. The first-order chi connectivity index (χ1) is 15.9. The van der Waals surface area contributed by atoms with Gasteiger partial charge in [0.25, 0.3) is 10.0 Å². The molecule has 2 aliphatic heterocycles. The Morgan fingerprint density at radius 2 is 1.97 bits per heavy atom. The van der Waals surface area contributed by atoms with Crippen LogP contribution in [0.25, 0.3) is 0 Å². The minimum Gasteiger partial charge on any atom is -0.492 e. The number of likely N-dealkylation sites (tertiary alicyclic amines) is 1. The molecule has 1 atom stereocenters. The number of amides is 2. The van der Waals surface area contributed by atoms with Crippen LogP contribution in [0.3, 0.4) is 0 Å². The SMILES string of the molecule is CCOc1ccccc1NS(=O)(=O)c1ccc2c(c1)NC(=O)[C@H](CC(=O)N1CCCC1)CS2. The number of nitrogens with one attached hydrogen (secondary N) is 2. The Labute approximate surface area is 198 Å². The zero-order valence-corrected chi connectivity index (χ0v) is 20.0. The fraction of sp³-hybridized carbons (Fsp3) is 0.391. The molecule has 2 aliphatic rings. The van der Waals surface area contributed by atoms with Gasteiger partial charge < -0.3 is 15.0 Å². The Balaban J connectivity index is 1.50. The molecule has 33 heavy (non-hydrogen) atoms. The second-order valence-electron chi connectivity index (χ2n) is 7.98. The number of fused-ring (bicyclic) bond motifs is 1. The fourth-order valence-electron chi connectivity index (χ4n) is 3.89. The van der Waals surface area contributed by atoms with Crippen molar-refractivity contribution < 1.29 is 22.7 Å². The molecule has 0 saturated carbocycles. The minimum absolute atomic E-state index is 0.000337. The van der Waals surface area contributed by atoms with Crippen LogP contribution in [0, 0.1) is 5.92 Å². The van der Waals surface area contributed by atoms with Gasteiger partial charge in [0.05, 0.1) is 28.8 Å². The lowest BCUT2D eigenvalue weighted by Crippen LogP contribution is -2.33. The zero-order valence-electron chi connectivity index (χ0n) is 18.4. The van der Waals surface area contributed by atoms with E-state index < -0.39 is 15.9 Å². The minimum atomic E-state index is -3.91. The van der Waals surface area contributed by atoms with E-state index in [0.717, 1.165) is 30.8 Å². The molecule has 2 N–H and O–H groups in total. The van der Waals surface area contributed by atoms with Crippen molar-refractivity contribution in [2.75, 3.05) is 35.5 Å². The van der Waals surface area contributed by atoms with Crippen LogP contribution < -0.4 is 14.8 Å². The third-order valence-corrected chi connectivity index (χ3v) is 8.24. The highest BCUT2D eigenvalue weighted by atomic mass is 32.2. The summed E-state index contributed by atoms with van der Waals surface area (Å²) in [5.74, 6) is 0.168. The molecular weight excluding hydrogens is 462 g/mol. The number of anilines is 2. The van der Waals surface area contributed by atoms with Gasteiger partial charge in [-0.1, -0.05) is 12.1 Å². The Bertz CT molecular complexity index is 1150. The summed E-state index contributed by atoms with van der Waals surface area (Å²) in [7, 11) is -3.91. The maximum Gasteiger partial charge on any atom is 0.262 e. The smallest absolute Gasteiger partial charge is 0.262 e. The predicted molar refractivity (Wildman–Crippen MR) is 128 cm³/mol. The summed E-state index contributed by atoms with van der Waals surface area (Å²) in [5.41, 5.74) is 0.773. The van der Waals surface area contributed by atoms with Crippen molar-refractivity contribution in [3.63, 3.8) is 0 Å². The first-order valence-corrected chi connectivity index (χ1v) is 13.4. The number of para-hydroxylation sites is 2. The number of carbonyl (C=O) groups excluding carboxylic acids is 2. The van der Waals surface area contributed by atoms with Crippen molar-refractivity contribution >= 4 is 45.0 Å². The van der Waals surface area contributed by atoms with Crippen molar-refractivity contribution in [2.45, 2.75) is 36.0 Å². The number of sulfonamides is 1. The highest BCUT2D eigenvalue weighted by molar-refractivity contribution is 7.99. The van der Waals surface area contributed by atoms with E-state index in [2.05, 4.69) is 10.0 Å². The first-order valence-electron chi connectivity index (χ1n) is 11.0. The average Bonchev–Trinajstić information content (AvgIpc) is 3.28. The van der Waals surface area contributed by atoms with Gasteiger partial charge in [-0.2, -0.15) is 0 Å². The van der Waals surface area contributed by atoms with E-state index >= 15 is 0 Å². The summed E-state index contributed by atoms with van der Waals surface area (Å²) in [5, 5.41) is 2.83. The summed E-state index contributed by atoms with van der Waals surface area (Å²) >= 11 is 1.45. The molecule has 2 amide bonds. The lowest BCUT2D eigenvalue weighted by molar-refractivity contribution is -0.133. The van der Waals surface area contributed by atoms with Crippen LogP contribution >= 0.6 is 11.8 Å². The number of benzene rings is 2. The van der Waals surface area contributed by atoms with Crippen molar-refractivity contribution in [3.05, 3.63) is 42.5 Å². The van der Waals surface area contributed by atoms with Crippen LogP contribution in [-0.4, -0.2) is 50.6 Å². The van der Waals surface area contributed by atoms with Gasteiger partial charge in [0.1, 0.15) is 5.75 Å². The molecule has 2 aromatic rings. The van der Waals surface area contributed by atoms with Crippen LogP contribution in [0.1, 0.15) is 26.2 Å². The Morgan fingerprint density at radius 3 is 2.73 bits per heavy atom. The van der Waals surface area contributed by atoms with E-state index in [1.54, 1.807) is 30.3 Å². The van der Waals surface area contributed by atoms with Gasteiger partial charge in [0.15, 0.2) is 0 Å². The third kappa shape index (κ3) is 5.44. The Hall–Kier alpha value is -2.72. The first kappa shape index (κ1) is 23.4. The summed E-state index contributed by atoms with van der Waals surface area (Å²) in [6.45, 7) is 3.73. The molecule has 2 aromatic carbocycles. The van der Waals surface area contributed by atoms with Gasteiger partial charge in [0.2, 0.25) is 11.8 Å². The number of hydrogen-bond donors (Lipinski definition) is 2. The average molecular weight is 490 g/mol. The molecule has 8 nitrogen and oxygen atoms in total. The molecule has 10 heteroatoms. The predicted octanol–water partition coefficient (Wildman–Crippen LogP) is 3.56. The van der Waals surface area contributed by atoms with Gasteiger partial charge in [-0.25, -0.2) is 8.42 Å². The van der Waals surface area contributed by atoms with Crippen LogP contribution in [0.15, 0.2) is 52.3 Å². The van der Waals surface area contributed by atoms with Crippen LogP contribution in [0.5, 0.6) is 5.75 Å². The second-order valence-corrected chi connectivity index (χ2v) is 10.7.